The van der Waals surface area contributed by atoms with Gasteiger partial charge in [0.05, 0.1) is 0 Å². The molecule has 0 aliphatic heterocycles. The third kappa shape index (κ3) is 4.69. The van der Waals surface area contributed by atoms with Gasteiger partial charge in [0.25, 0.3) is 0 Å². The predicted molar refractivity (Wildman–Crippen MR) is 101 cm³/mol. The minimum Gasteiger partial charge on any atom is -0.422 e. The van der Waals surface area contributed by atoms with E-state index >= 15 is 0 Å². The second-order valence-corrected chi connectivity index (χ2v) is 7.00. The summed E-state index contributed by atoms with van der Waals surface area (Å²) in [5.41, 5.74) is 1.07. The van der Waals surface area contributed by atoms with E-state index < -0.39 is 5.97 Å². The molecule has 0 aromatic heterocycles. The van der Waals surface area contributed by atoms with E-state index in [1.54, 1.807) is 31.2 Å². The SMILES string of the molecule is CCCCCCC(C)CC1=C(OC(=O)CC)C(=O)c2ccccc2C1=O. The Morgan fingerprint density at radius 1 is 1.00 bits per heavy atom. The molecule has 0 fully saturated rings. The van der Waals surface area contributed by atoms with E-state index in [4.69, 9.17) is 4.74 Å². The number of ketones is 2. The summed E-state index contributed by atoms with van der Waals surface area (Å²) in [6, 6.07) is 6.74. The van der Waals surface area contributed by atoms with Crippen LogP contribution in [-0.4, -0.2) is 17.5 Å². The second-order valence-electron chi connectivity index (χ2n) is 7.00. The van der Waals surface area contributed by atoms with Crippen molar-refractivity contribution >= 4 is 17.5 Å². The zero-order valence-corrected chi connectivity index (χ0v) is 16.0. The Bertz CT molecular complexity index is 715. The van der Waals surface area contributed by atoms with Gasteiger partial charge in [-0.2, -0.15) is 0 Å². The molecule has 140 valence electrons. The summed E-state index contributed by atoms with van der Waals surface area (Å²) < 4.78 is 5.31. The van der Waals surface area contributed by atoms with Crippen LogP contribution in [0.1, 0.15) is 86.4 Å². The Kier molecular flexibility index (Phi) is 7.31. The average molecular weight is 356 g/mol. The van der Waals surface area contributed by atoms with Crippen molar-refractivity contribution in [3.05, 3.63) is 46.7 Å². The third-order valence-corrected chi connectivity index (χ3v) is 4.78. The van der Waals surface area contributed by atoms with Crippen molar-refractivity contribution in [3.63, 3.8) is 0 Å². The molecule has 26 heavy (non-hydrogen) atoms. The summed E-state index contributed by atoms with van der Waals surface area (Å²) in [7, 11) is 0. The van der Waals surface area contributed by atoms with Crippen molar-refractivity contribution in [2.24, 2.45) is 5.92 Å². The lowest BCUT2D eigenvalue weighted by Gasteiger charge is -2.22. The van der Waals surface area contributed by atoms with Crippen molar-refractivity contribution in [1.29, 1.82) is 0 Å². The third-order valence-electron chi connectivity index (χ3n) is 4.78. The maximum atomic E-state index is 13.0. The highest BCUT2D eigenvalue weighted by Crippen LogP contribution is 2.32. The molecule has 1 unspecified atom stereocenters. The molecule has 2 rings (SSSR count). The predicted octanol–water partition coefficient (Wildman–Crippen LogP) is 5.27. The molecule has 0 heterocycles. The normalized spacial score (nSPS) is 15.0. The molecule has 4 nitrogen and oxygen atoms in total. The van der Waals surface area contributed by atoms with E-state index in [9.17, 15) is 14.4 Å². The van der Waals surface area contributed by atoms with Crippen molar-refractivity contribution in [1.82, 2.24) is 0 Å². The fourth-order valence-corrected chi connectivity index (χ4v) is 3.25. The highest BCUT2D eigenvalue weighted by Gasteiger charge is 2.34. The number of carbonyl (C=O) groups is 3. The number of benzene rings is 1. The van der Waals surface area contributed by atoms with Crippen LogP contribution >= 0.6 is 0 Å². The number of ether oxygens (including phenoxy) is 1. The number of esters is 1. The Morgan fingerprint density at radius 3 is 2.27 bits per heavy atom. The van der Waals surface area contributed by atoms with Crippen LogP contribution in [0.25, 0.3) is 0 Å². The van der Waals surface area contributed by atoms with E-state index in [-0.39, 0.29) is 29.7 Å². The van der Waals surface area contributed by atoms with Gasteiger partial charge in [-0.3, -0.25) is 14.4 Å². The molecule has 1 aromatic carbocycles. The highest BCUT2D eigenvalue weighted by molar-refractivity contribution is 6.26. The maximum absolute atomic E-state index is 13.0. The van der Waals surface area contributed by atoms with Gasteiger partial charge >= 0.3 is 5.97 Å². The number of hydrogen-bond acceptors (Lipinski definition) is 4. The second kappa shape index (κ2) is 9.46. The molecule has 1 aliphatic carbocycles. The Balaban J connectivity index is 2.26. The minimum atomic E-state index is -0.492. The van der Waals surface area contributed by atoms with Gasteiger partial charge in [-0.05, 0) is 12.3 Å². The summed E-state index contributed by atoms with van der Waals surface area (Å²) in [4.78, 5) is 37.6. The lowest BCUT2D eigenvalue weighted by molar-refractivity contribution is -0.138. The number of unbranched alkanes of at least 4 members (excludes halogenated alkanes) is 3. The molecule has 0 radical (unpaired) electrons. The lowest BCUT2D eigenvalue weighted by Crippen LogP contribution is -2.26. The first-order valence-corrected chi connectivity index (χ1v) is 9.61. The zero-order valence-electron chi connectivity index (χ0n) is 16.0. The van der Waals surface area contributed by atoms with Crippen LogP contribution in [0.4, 0.5) is 0 Å². The smallest absolute Gasteiger partial charge is 0.311 e. The maximum Gasteiger partial charge on any atom is 0.311 e. The molecular weight excluding hydrogens is 328 g/mol. The molecule has 1 atom stereocenters. The summed E-state index contributed by atoms with van der Waals surface area (Å²) in [6.45, 7) is 5.92. The van der Waals surface area contributed by atoms with E-state index in [0.717, 1.165) is 12.8 Å². The number of fused-ring (bicyclic) bond motifs is 1. The van der Waals surface area contributed by atoms with Crippen LogP contribution in [-0.2, 0) is 9.53 Å². The van der Waals surface area contributed by atoms with Gasteiger partial charge in [-0.15, -0.1) is 0 Å². The molecular formula is C22H28O4. The van der Waals surface area contributed by atoms with Gasteiger partial charge in [0, 0.05) is 23.1 Å². The summed E-state index contributed by atoms with van der Waals surface area (Å²) >= 11 is 0. The monoisotopic (exact) mass is 356 g/mol. The Hall–Kier alpha value is -2.23. The number of carbonyl (C=O) groups excluding carboxylic acids is 3. The molecule has 1 aliphatic rings. The van der Waals surface area contributed by atoms with Gasteiger partial charge < -0.3 is 4.74 Å². The molecule has 0 bridgehead atoms. The summed E-state index contributed by atoms with van der Waals surface area (Å²) in [5, 5.41) is 0. The largest absolute Gasteiger partial charge is 0.422 e. The fourth-order valence-electron chi connectivity index (χ4n) is 3.25. The van der Waals surface area contributed by atoms with Gasteiger partial charge in [-0.1, -0.05) is 77.1 Å². The Labute approximate surface area is 155 Å². The molecule has 0 N–H and O–H groups in total. The van der Waals surface area contributed by atoms with E-state index in [0.29, 0.717) is 23.1 Å². The molecule has 0 saturated heterocycles. The van der Waals surface area contributed by atoms with Crippen LogP contribution < -0.4 is 0 Å². The molecule has 0 amide bonds. The number of rotatable bonds is 9. The van der Waals surface area contributed by atoms with Crippen LogP contribution in [0.15, 0.2) is 35.6 Å². The number of hydrogen-bond donors (Lipinski definition) is 0. The summed E-state index contributed by atoms with van der Waals surface area (Å²) in [6.07, 6.45) is 6.27. The minimum absolute atomic E-state index is 0.0686. The summed E-state index contributed by atoms with van der Waals surface area (Å²) in [5.74, 6) is -0.872. The van der Waals surface area contributed by atoms with Crippen LogP contribution in [0.3, 0.4) is 0 Å². The first-order chi connectivity index (χ1) is 12.5. The highest BCUT2D eigenvalue weighted by atomic mass is 16.5. The van der Waals surface area contributed by atoms with Gasteiger partial charge in [0.15, 0.2) is 11.5 Å². The van der Waals surface area contributed by atoms with Crippen molar-refractivity contribution in [2.45, 2.75) is 65.7 Å². The first kappa shape index (κ1) is 20.1. The van der Waals surface area contributed by atoms with Crippen molar-refractivity contribution < 1.29 is 19.1 Å². The van der Waals surface area contributed by atoms with Crippen molar-refractivity contribution in [2.75, 3.05) is 0 Å². The van der Waals surface area contributed by atoms with Gasteiger partial charge in [0.1, 0.15) is 0 Å². The van der Waals surface area contributed by atoms with E-state index in [2.05, 4.69) is 13.8 Å². The number of Topliss-reactive ketones (excluding diaryl/α,β-unsaturated/α-hetero) is 2. The van der Waals surface area contributed by atoms with Gasteiger partial charge in [-0.25, -0.2) is 0 Å². The molecule has 0 spiro atoms. The van der Waals surface area contributed by atoms with Crippen LogP contribution in [0.5, 0.6) is 0 Å². The van der Waals surface area contributed by atoms with Crippen molar-refractivity contribution in [3.8, 4) is 0 Å². The molecule has 0 saturated carbocycles. The van der Waals surface area contributed by atoms with E-state index in [1.165, 1.54) is 19.3 Å². The topological polar surface area (TPSA) is 60.4 Å². The lowest BCUT2D eigenvalue weighted by atomic mass is 9.83. The quantitative estimate of drug-likeness (QED) is 0.447. The molecule has 4 heteroatoms. The standard InChI is InChI=1S/C22H28O4/c1-4-6-7-8-11-15(3)14-18-20(24)16-12-9-10-13-17(16)21(25)22(18)26-19(23)5-2/h9-10,12-13,15H,4-8,11,14H2,1-3H3. The van der Waals surface area contributed by atoms with E-state index in [1.807, 2.05) is 0 Å². The molecule has 1 aromatic rings. The van der Waals surface area contributed by atoms with Crippen LogP contribution in [0.2, 0.25) is 0 Å². The fraction of sp³-hybridized carbons (Fsp3) is 0.500. The number of allylic oxidation sites excluding steroid dienone is 2. The van der Waals surface area contributed by atoms with Gasteiger partial charge in [0.2, 0.25) is 5.78 Å². The average Bonchev–Trinajstić information content (AvgIpc) is 2.65. The zero-order chi connectivity index (χ0) is 19.1. The Morgan fingerprint density at radius 2 is 1.65 bits per heavy atom. The van der Waals surface area contributed by atoms with Crippen LogP contribution in [0, 0.1) is 5.92 Å². The first-order valence-electron chi connectivity index (χ1n) is 9.61.